The monoisotopic (exact) mass is 260 g/mol. The van der Waals surface area contributed by atoms with Crippen molar-refractivity contribution in [1.29, 1.82) is 0 Å². The van der Waals surface area contributed by atoms with Gasteiger partial charge in [-0.1, -0.05) is 18.2 Å². The number of anilines is 1. The Kier molecular flexibility index (Phi) is 5.06. The third kappa shape index (κ3) is 3.62. The van der Waals surface area contributed by atoms with Crippen LogP contribution in [-0.2, 0) is 4.74 Å². The van der Waals surface area contributed by atoms with Gasteiger partial charge in [-0.2, -0.15) is 0 Å². The molecular formula is C14H20N4O. The molecule has 1 heterocycles. The summed E-state index contributed by atoms with van der Waals surface area (Å²) in [5.74, 6) is 0.740. The Bertz CT molecular complexity index is 510. The van der Waals surface area contributed by atoms with Crippen LogP contribution >= 0.6 is 0 Å². The van der Waals surface area contributed by atoms with Crippen LogP contribution in [-0.4, -0.2) is 43.3 Å². The number of nitrogens with two attached hydrogens (primary N) is 1. The van der Waals surface area contributed by atoms with Gasteiger partial charge in [0.25, 0.3) is 0 Å². The van der Waals surface area contributed by atoms with Gasteiger partial charge in [0.05, 0.1) is 12.1 Å². The Labute approximate surface area is 113 Å². The maximum absolute atomic E-state index is 5.58. The van der Waals surface area contributed by atoms with Crippen molar-refractivity contribution < 1.29 is 4.74 Å². The quantitative estimate of drug-likeness (QED) is 0.816. The van der Waals surface area contributed by atoms with Crippen molar-refractivity contribution in [3.05, 3.63) is 30.5 Å². The molecule has 0 saturated heterocycles. The van der Waals surface area contributed by atoms with E-state index in [0.29, 0.717) is 13.2 Å². The molecule has 2 aromatic rings. The molecule has 5 heteroatoms. The average molecular weight is 260 g/mol. The van der Waals surface area contributed by atoms with Gasteiger partial charge >= 0.3 is 0 Å². The van der Waals surface area contributed by atoms with Crippen LogP contribution in [0.5, 0.6) is 0 Å². The summed E-state index contributed by atoms with van der Waals surface area (Å²) >= 11 is 0. The first kappa shape index (κ1) is 13.7. The Morgan fingerprint density at radius 1 is 1.26 bits per heavy atom. The highest BCUT2D eigenvalue weighted by Crippen LogP contribution is 2.14. The van der Waals surface area contributed by atoms with Gasteiger partial charge in [-0.15, -0.1) is 0 Å². The van der Waals surface area contributed by atoms with Gasteiger partial charge in [-0.25, -0.2) is 9.97 Å². The van der Waals surface area contributed by atoms with Gasteiger partial charge < -0.3 is 15.4 Å². The van der Waals surface area contributed by atoms with E-state index in [9.17, 15) is 0 Å². The minimum atomic E-state index is 0.654. The van der Waals surface area contributed by atoms with Crippen LogP contribution in [0.4, 0.5) is 5.95 Å². The number of methoxy groups -OCH3 is 1. The topological polar surface area (TPSA) is 64.3 Å². The molecule has 2 rings (SSSR count). The van der Waals surface area contributed by atoms with Gasteiger partial charge in [0, 0.05) is 31.8 Å². The Morgan fingerprint density at radius 3 is 2.89 bits per heavy atom. The fourth-order valence-corrected chi connectivity index (χ4v) is 1.91. The molecule has 1 aromatic carbocycles. The molecule has 19 heavy (non-hydrogen) atoms. The first-order valence-electron chi connectivity index (χ1n) is 6.51. The third-order valence-corrected chi connectivity index (χ3v) is 2.96. The van der Waals surface area contributed by atoms with E-state index >= 15 is 0 Å². The van der Waals surface area contributed by atoms with E-state index in [1.54, 1.807) is 7.11 Å². The maximum atomic E-state index is 5.58. The molecule has 5 nitrogen and oxygen atoms in total. The van der Waals surface area contributed by atoms with Crippen molar-refractivity contribution in [1.82, 2.24) is 9.97 Å². The van der Waals surface area contributed by atoms with Crippen LogP contribution < -0.4 is 10.6 Å². The zero-order valence-electron chi connectivity index (χ0n) is 11.2. The van der Waals surface area contributed by atoms with Gasteiger partial charge in [0.1, 0.15) is 0 Å². The fourth-order valence-electron chi connectivity index (χ4n) is 1.91. The average Bonchev–Trinajstić information content (AvgIpc) is 2.47. The highest BCUT2D eigenvalue weighted by Gasteiger charge is 2.09. The molecule has 0 aliphatic heterocycles. The summed E-state index contributed by atoms with van der Waals surface area (Å²) in [4.78, 5) is 11.1. The van der Waals surface area contributed by atoms with Crippen molar-refractivity contribution in [3.63, 3.8) is 0 Å². The SMILES string of the molecule is COCCN(CCCN)c1ncc2ccccc2n1. The van der Waals surface area contributed by atoms with E-state index < -0.39 is 0 Å². The zero-order valence-corrected chi connectivity index (χ0v) is 11.2. The van der Waals surface area contributed by atoms with Crippen LogP contribution in [0.15, 0.2) is 30.5 Å². The van der Waals surface area contributed by atoms with E-state index in [1.165, 1.54) is 0 Å². The third-order valence-electron chi connectivity index (χ3n) is 2.96. The van der Waals surface area contributed by atoms with Gasteiger partial charge in [-0.3, -0.25) is 0 Å². The van der Waals surface area contributed by atoms with Gasteiger partial charge in [0.15, 0.2) is 0 Å². The summed E-state index contributed by atoms with van der Waals surface area (Å²) < 4.78 is 5.13. The highest BCUT2D eigenvalue weighted by atomic mass is 16.5. The van der Waals surface area contributed by atoms with Crippen LogP contribution in [0.3, 0.4) is 0 Å². The lowest BCUT2D eigenvalue weighted by molar-refractivity contribution is 0.205. The molecule has 102 valence electrons. The van der Waals surface area contributed by atoms with E-state index in [1.807, 2.05) is 30.5 Å². The molecule has 2 N–H and O–H groups in total. The molecule has 0 bridgehead atoms. The van der Waals surface area contributed by atoms with Crippen LogP contribution in [0, 0.1) is 0 Å². The van der Waals surface area contributed by atoms with Crippen molar-refractivity contribution in [2.75, 3.05) is 38.3 Å². The van der Waals surface area contributed by atoms with E-state index in [4.69, 9.17) is 10.5 Å². The van der Waals surface area contributed by atoms with Crippen molar-refractivity contribution in [2.24, 2.45) is 5.73 Å². The van der Waals surface area contributed by atoms with Crippen LogP contribution in [0.25, 0.3) is 10.9 Å². The zero-order chi connectivity index (χ0) is 13.5. The number of aromatic nitrogens is 2. The summed E-state index contributed by atoms with van der Waals surface area (Å²) in [6.45, 7) is 2.94. The van der Waals surface area contributed by atoms with Gasteiger partial charge in [-0.05, 0) is 19.0 Å². The van der Waals surface area contributed by atoms with E-state index in [0.717, 1.165) is 36.4 Å². The number of hydrogen-bond donors (Lipinski definition) is 1. The number of benzene rings is 1. The Balaban J connectivity index is 2.21. The predicted molar refractivity (Wildman–Crippen MR) is 77.3 cm³/mol. The lowest BCUT2D eigenvalue weighted by Gasteiger charge is -2.22. The number of fused-ring (bicyclic) bond motifs is 1. The van der Waals surface area contributed by atoms with E-state index in [-0.39, 0.29) is 0 Å². The smallest absolute Gasteiger partial charge is 0.225 e. The molecule has 0 saturated carbocycles. The Hall–Kier alpha value is -1.72. The second-order valence-corrected chi connectivity index (χ2v) is 4.35. The number of nitrogens with zero attached hydrogens (tertiary/aromatic N) is 3. The standard InChI is InChI=1S/C14H20N4O/c1-19-10-9-18(8-4-7-15)14-16-11-12-5-2-3-6-13(12)17-14/h2-3,5-6,11H,4,7-10,15H2,1H3. The molecule has 0 unspecified atom stereocenters. The number of ether oxygens (including phenoxy) is 1. The van der Waals surface area contributed by atoms with E-state index in [2.05, 4.69) is 14.9 Å². The predicted octanol–water partition coefficient (Wildman–Crippen LogP) is 1.43. The number of para-hydroxylation sites is 1. The molecule has 0 radical (unpaired) electrons. The Morgan fingerprint density at radius 2 is 2.11 bits per heavy atom. The number of hydrogen-bond acceptors (Lipinski definition) is 5. The minimum absolute atomic E-state index is 0.654. The maximum Gasteiger partial charge on any atom is 0.225 e. The van der Waals surface area contributed by atoms with Gasteiger partial charge in [0.2, 0.25) is 5.95 Å². The molecule has 0 amide bonds. The second kappa shape index (κ2) is 7.01. The molecule has 0 aliphatic rings. The van der Waals surface area contributed by atoms with Crippen molar-refractivity contribution >= 4 is 16.9 Å². The molecule has 0 atom stereocenters. The second-order valence-electron chi connectivity index (χ2n) is 4.35. The first-order valence-corrected chi connectivity index (χ1v) is 6.51. The lowest BCUT2D eigenvalue weighted by atomic mass is 10.2. The molecule has 0 fully saturated rings. The van der Waals surface area contributed by atoms with Crippen LogP contribution in [0.2, 0.25) is 0 Å². The molecule has 1 aromatic heterocycles. The largest absolute Gasteiger partial charge is 0.383 e. The molecular weight excluding hydrogens is 240 g/mol. The highest BCUT2D eigenvalue weighted by molar-refractivity contribution is 5.78. The number of rotatable bonds is 7. The molecule has 0 spiro atoms. The fraction of sp³-hybridized carbons (Fsp3) is 0.429. The summed E-state index contributed by atoms with van der Waals surface area (Å²) in [5, 5.41) is 1.05. The normalized spacial score (nSPS) is 10.8. The summed E-state index contributed by atoms with van der Waals surface area (Å²) in [5.41, 5.74) is 6.54. The first-order chi connectivity index (χ1) is 9.35. The summed E-state index contributed by atoms with van der Waals surface area (Å²) in [6.07, 6.45) is 2.78. The lowest BCUT2D eigenvalue weighted by Crippen LogP contribution is -2.31. The van der Waals surface area contributed by atoms with Crippen molar-refractivity contribution in [2.45, 2.75) is 6.42 Å². The van der Waals surface area contributed by atoms with Crippen molar-refractivity contribution in [3.8, 4) is 0 Å². The minimum Gasteiger partial charge on any atom is -0.383 e. The van der Waals surface area contributed by atoms with Crippen LogP contribution in [0.1, 0.15) is 6.42 Å². The summed E-state index contributed by atoms with van der Waals surface area (Å²) in [7, 11) is 1.70. The summed E-state index contributed by atoms with van der Waals surface area (Å²) in [6, 6.07) is 7.98. The molecule has 0 aliphatic carbocycles.